The van der Waals surface area contributed by atoms with Crippen LogP contribution >= 0.6 is 0 Å². The summed E-state index contributed by atoms with van der Waals surface area (Å²) in [7, 11) is 1.69. The second-order valence-corrected chi connectivity index (χ2v) is 10.0. The number of benzene rings is 2. The maximum absolute atomic E-state index is 15.5. The van der Waals surface area contributed by atoms with Gasteiger partial charge in [0.25, 0.3) is 0 Å². The smallest absolute Gasteiger partial charge is 0.150 e. The van der Waals surface area contributed by atoms with E-state index in [1.807, 2.05) is 12.1 Å². The van der Waals surface area contributed by atoms with Crippen molar-refractivity contribution in [3.8, 4) is 23.0 Å². The number of hydrogen-bond acceptors (Lipinski definition) is 6. The molecule has 1 saturated carbocycles. The zero-order chi connectivity index (χ0) is 25.9. The van der Waals surface area contributed by atoms with Gasteiger partial charge in [0, 0.05) is 50.1 Å². The first-order valence-electron chi connectivity index (χ1n) is 12.8. The normalized spacial score (nSPS) is 21.7. The Morgan fingerprint density at radius 1 is 1.14 bits per heavy atom. The first kappa shape index (κ1) is 25.2. The fraction of sp³-hybridized carbons (Fsp3) is 0.429. The van der Waals surface area contributed by atoms with Gasteiger partial charge in [0.05, 0.1) is 17.4 Å². The monoisotopic (exact) mass is 506 g/mol. The van der Waals surface area contributed by atoms with Crippen LogP contribution in [0, 0.1) is 28.9 Å². The third-order valence-electron chi connectivity index (χ3n) is 7.49. The van der Waals surface area contributed by atoms with Gasteiger partial charge in [0.1, 0.15) is 23.4 Å². The molecule has 0 unspecified atom stereocenters. The number of ether oxygens (including phenoxy) is 1. The third kappa shape index (κ3) is 5.45. The predicted molar refractivity (Wildman–Crippen MR) is 140 cm³/mol. The maximum Gasteiger partial charge on any atom is 0.150 e. The number of rotatable bonds is 7. The molecule has 1 saturated heterocycles. The highest BCUT2D eigenvalue weighted by Crippen LogP contribution is 2.31. The van der Waals surface area contributed by atoms with Crippen molar-refractivity contribution in [1.29, 1.82) is 5.26 Å². The molecule has 1 aliphatic carbocycles. The topological polar surface area (TPSA) is 92.1 Å². The second kappa shape index (κ2) is 10.9. The number of nitrogens with one attached hydrogen (secondary N) is 1. The Morgan fingerprint density at radius 3 is 2.70 bits per heavy atom. The number of nitriles is 1. The fourth-order valence-corrected chi connectivity index (χ4v) is 5.41. The van der Waals surface area contributed by atoms with Crippen LogP contribution in [0.25, 0.3) is 16.9 Å². The van der Waals surface area contributed by atoms with Crippen LogP contribution in [0.15, 0.2) is 42.5 Å². The van der Waals surface area contributed by atoms with E-state index in [1.54, 1.807) is 25.3 Å². The lowest BCUT2D eigenvalue weighted by atomic mass is 9.86. The SMILES string of the molecule is CO[C@H]1CCN(c2ccc(-n3nc(NC[C@H]4CCC[C@H](N)C4)cc3-c3ccc(C#N)c(F)c3)c(F)c2)C1. The second-order valence-electron chi connectivity index (χ2n) is 10.0. The summed E-state index contributed by atoms with van der Waals surface area (Å²) in [6.45, 7) is 2.22. The molecule has 5 rings (SSSR count). The number of nitrogens with two attached hydrogens (primary N) is 1. The molecule has 37 heavy (non-hydrogen) atoms. The van der Waals surface area contributed by atoms with E-state index in [1.165, 1.54) is 22.9 Å². The molecule has 9 heteroatoms. The Morgan fingerprint density at radius 2 is 2.00 bits per heavy atom. The zero-order valence-corrected chi connectivity index (χ0v) is 21.0. The van der Waals surface area contributed by atoms with Crippen molar-refractivity contribution in [3.63, 3.8) is 0 Å². The summed E-state index contributed by atoms with van der Waals surface area (Å²) in [5, 5.41) is 17.2. The third-order valence-corrected chi connectivity index (χ3v) is 7.49. The molecule has 3 N–H and O–H groups in total. The van der Waals surface area contributed by atoms with Gasteiger partial charge in [-0.1, -0.05) is 12.5 Å². The van der Waals surface area contributed by atoms with Crippen molar-refractivity contribution < 1.29 is 13.5 Å². The summed E-state index contributed by atoms with van der Waals surface area (Å²) in [6, 6.07) is 13.3. The maximum atomic E-state index is 15.5. The Kier molecular flexibility index (Phi) is 7.40. The lowest BCUT2D eigenvalue weighted by Crippen LogP contribution is -2.31. The molecule has 0 radical (unpaired) electrons. The number of methoxy groups -OCH3 is 1. The van der Waals surface area contributed by atoms with Crippen LogP contribution in [-0.4, -0.2) is 48.7 Å². The van der Waals surface area contributed by atoms with Gasteiger partial charge in [-0.05, 0) is 61.9 Å². The quantitative estimate of drug-likeness (QED) is 0.476. The van der Waals surface area contributed by atoms with Crippen LogP contribution in [0.1, 0.15) is 37.7 Å². The van der Waals surface area contributed by atoms with Gasteiger partial charge in [0.2, 0.25) is 0 Å². The lowest BCUT2D eigenvalue weighted by molar-refractivity contribution is 0.121. The summed E-state index contributed by atoms with van der Waals surface area (Å²) in [5.41, 5.74) is 8.17. The van der Waals surface area contributed by atoms with E-state index in [-0.39, 0.29) is 23.4 Å². The molecule has 2 aromatic carbocycles. The van der Waals surface area contributed by atoms with E-state index >= 15 is 4.39 Å². The summed E-state index contributed by atoms with van der Waals surface area (Å²) < 4.78 is 37.0. The molecule has 1 aliphatic heterocycles. The Bertz CT molecular complexity index is 1300. The number of nitrogens with zero attached hydrogens (tertiary/aromatic N) is 4. The Labute approximate surface area is 215 Å². The molecule has 0 amide bonds. The van der Waals surface area contributed by atoms with Gasteiger partial charge in [-0.2, -0.15) is 5.26 Å². The summed E-state index contributed by atoms with van der Waals surface area (Å²) >= 11 is 0. The average Bonchev–Trinajstić information content (AvgIpc) is 3.55. The summed E-state index contributed by atoms with van der Waals surface area (Å²) in [4.78, 5) is 2.10. The molecule has 1 aromatic heterocycles. The van der Waals surface area contributed by atoms with Crippen molar-refractivity contribution in [2.45, 2.75) is 44.2 Å². The summed E-state index contributed by atoms with van der Waals surface area (Å²) in [6.07, 6.45) is 5.26. The summed E-state index contributed by atoms with van der Waals surface area (Å²) in [5.74, 6) is -0.0420. The van der Waals surface area contributed by atoms with Gasteiger partial charge in [-0.25, -0.2) is 13.5 Å². The molecule has 0 bridgehead atoms. The highest BCUT2D eigenvalue weighted by Gasteiger charge is 2.24. The van der Waals surface area contributed by atoms with Crippen LogP contribution in [0.2, 0.25) is 0 Å². The minimum atomic E-state index is -0.629. The van der Waals surface area contributed by atoms with E-state index in [9.17, 15) is 4.39 Å². The molecular weight excluding hydrogens is 474 g/mol. The van der Waals surface area contributed by atoms with Crippen LogP contribution in [0.3, 0.4) is 0 Å². The minimum Gasteiger partial charge on any atom is -0.380 e. The molecule has 2 heterocycles. The fourth-order valence-electron chi connectivity index (χ4n) is 5.41. The van der Waals surface area contributed by atoms with Crippen LogP contribution in [0.4, 0.5) is 20.3 Å². The number of halogens is 2. The van der Waals surface area contributed by atoms with E-state index in [2.05, 4.69) is 15.3 Å². The lowest BCUT2D eigenvalue weighted by Gasteiger charge is -2.26. The van der Waals surface area contributed by atoms with Crippen LogP contribution in [-0.2, 0) is 4.74 Å². The van der Waals surface area contributed by atoms with Crippen molar-refractivity contribution in [2.24, 2.45) is 11.7 Å². The molecule has 2 fully saturated rings. The van der Waals surface area contributed by atoms with Gasteiger partial charge in [0.15, 0.2) is 5.82 Å². The van der Waals surface area contributed by atoms with Gasteiger partial charge >= 0.3 is 0 Å². The molecule has 3 atom stereocenters. The van der Waals surface area contributed by atoms with Crippen molar-refractivity contribution in [3.05, 3.63) is 59.7 Å². The standard InChI is InChI=1S/C28H32F2N6O/c1-37-23-9-10-35(17-23)22-7-8-26(25(30)13-22)36-27(19-5-6-20(15-31)24(29)12-19)14-28(34-36)33-16-18-3-2-4-21(32)11-18/h5-8,12-14,18,21,23H,2-4,9-11,16-17,32H2,1H3,(H,33,34)/t18-,21-,23-/m0/s1. The molecule has 194 valence electrons. The van der Waals surface area contributed by atoms with Gasteiger partial charge in [-0.3, -0.25) is 0 Å². The van der Waals surface area contributed by atoms with Crippen molar-refractivity contribution in [1.82, 2.24) is 9.78 Å². The predicted octanol–water partition coefficient (Wildman–Crippen LogP) is 4.84. The van der Waals surface area contributed by atoms with Gasteiger partial charge < -0.3 is 20.7 Å². The highest BCUT2D eigenvalue weighted by atomic mass is 19.1. The molecule has 3 aromatic rings. The Balaban J connectivity index is 1.46. The minimum absolute atomic E-state index is 0.0442. The molecule has 7 nitrogen and oxygen atoms in total. The largest absolute Gasteiger partial charge is 0.380 e. The highest BCUT2D eigenvalue weighted by molar-refractivity contribution is 5.67. The van der Waals surface area contributed by atoms with E-state index in [4.69, 9.17) is 15.7 Å². The molecular formula is C28H32F2N6O. The number of aromatic nitrogens is 2. The molecule has 2 aliphatic rings. The number of anilines is 2. The number of hydrogen-bond donors (Lipinski definition) is 2. The van der Waals surface area contributed by atoms with E-state index in [0.29, 0.717) is 36.1 Å². The molecule has 0 spiro atoms. The van der Waals surface area contributed by atoms with Crippen molar-refractivity contribution in [2.75, 3.05) is 37.0 Å². The van der Waals surface area contributed by atoms with Crippen LogP contribution in [0.5, 0.6) is 0 Å². The first-order valence-corrected chi connectivity index (χ1v) is 12.8. The van der Waals surface area contributed by atoms with Gasteiger partial charge in [-0.15, -0.1) is 5.10 Å². The van der Waals surface area contributed by atoms with Crippen molar-refractivity contribution >= 4 is 11.5 Å². The average molecular weight is 507 g/mol. The van der Waals surface area contributed by atoms with E-state index < -0.39 is 11.6 Å². The Hall–Kier alpha value is -3.48. The first-order chi connectivity index (χ1) is 17.9. The van der Waals surface area contributed by atoms with Crippen LogP contribution < -0.4 is 16.0 Å². The van der Waals surface area contributed by atoms with E-state index in [0.717, 1.165) is 44.3 Å². The zero-order valence-electron chi connectivity index (χ0n) is 21.0.